The number of non-ortho nitro benzene ring substituents is 1. The summed E-state index contributed by atoms with van der Waals surface area (Å²) < 4.78 is 0.717. The monoisotopic (exact) mass is 327 g/mol. The first kappa shape index (κ1) is 16.1. The van der Waals surface area contributed by atoms with Crippen molar-refractivity contribution in [2.45, 2.75) is 25.6 Å². The molecule has 0 aliphatic carbocycles. The first-order valence-electron chi connectivity index (χ1n) is 7.46. The molecule has 1 aliphatic rings. The number of hydrogen-bond acceptors (Lipinski definition) is 5. The van der Waals surface area contributed by atoms with Gasteiger partial charge in [-0.25, -0.2) is 0 Å². The molecular weight excluding hydrogens is 310 g/mol. The molecule has 1 heterocycles. The number of nitro groups is 1. The molecule has 1 aliphatic heterocycles. The van der Waals surface area contributed by atoms with E-state index in [2.05, 4.69) is 0 Å². The highest BCUT2D eigenvalue weighted by Gasteiger charge is 2.52. The summed E-state index contributed by atoms with van der Waals surface area (Å²) in [5.41, 5.74) is 0.394. The quantitative estimate of drug-likeness (QED) is 0.405. The Morgan fingerprint density at radius 2 is 1.83 bits per heavy atom. The van der Waals surface area contributed by atoms with Crippen LogP contribution in [0.4, 0.5) is 5.69 Å². The van der Waals surface area contributed by atoms with E-state index in [0.717, 1.165) is 5.06 Å². The van der Waals surface area contributed by atoms with Crippen LogP contribution in [0.1, 0.15) is 31.1 Å². The second-order valence-corrected chi connectivity index (χ2v) is 6.17. The molecule has 0 fully saturated rings. The summed E-state index contributed by atoms with van der Waals surface area (Å²) in [6, 6.07) is 14.8. The fourth-order valence-electron chi connectivity index (χ4n) is 3.06. The highest BCUT2D eigenvalue weighted by atomic mass is 16.6. The van der Waals surface area contributed by atoms with E-state index >= 15 is 0 Å². The second-order valence-electron chi connectivity index (χ2n) is 6.17. The Kier molecular flexibility index (Phi) is 3.82. The highest BCUT2D eigenvalue weighted by molar-refractivity contribution is 6.04. The third-order valence-corrected chi connectivity index (χ3v) is 4.25. The smallest absolute Gasteiger partial charge is 0.270 e. The van der Waals surface area contributed by atoms with Gasteiger partial charge in [0.05, 0.1) is 4.92 Å². The zero-order valence-corrected chi connectivity index (χ0v) is 13.3. The summed E-state index contributed by atoms with van der Waals surface area (Å²) in [7, 11) is 0. The van der Waals surface area contributed by atoms with Gasteiger partial charge < -0.3 is 10.4 Å². The predicted octanol–water partition coefficient (Wildman–Crippen LogP) is 3.08. The van der Waals surface area contributed by atoms with Gasteiger partial charge in [0.15, 0.2) is 0 Å². The Labute approximate surface area is 138 Å². The van der Waals surface area contributed by atoms with Crippen LogP contribution < -0.4 is 0 Å². The minimum absolute atomic E-state index is 0.125. The fourth-order valence-corrected chi connectivity index (χ4v) is 3.06. The Hall–Kier alpha value is -2.77. The van der Waals surface area contributed by atoms with Gasteiger partial charge in [-0.3, -0.25) is 10.1 Å². The van der Waals surface area contributed by atoms with Crippen molar-refractivity contribution in [1.82, 2.24) is 5.06 Å². The molecule has 0 radical (unpaired) electrons. The fraction of sp³-hybridized carbons (Fsp3) is 0.235. The zero-order chi connectivity index (χ0) is 17.5. The van der Waals surface area contributed by atoms with E-state index < -0.39 is 16.6 Å². The van der Waals surface area contributed by atoms with Crippen LogP contribution >= 0.6 is 0 Å². The van der Waals surface area contributed by atoms with Crippen LogP contribution in [0.25, 0.3) is 0 Å². The van der Waals surface area contributed by atoms with Gasteiger partial charge in [-0.15, -0.1) is 5.06 Å². The summed E-state index contributed by atoms with van der Waals surface area (Å²) in [5, 5.41) is 35.4. The van der Waals surface area contributed by atoms with Crippen LogP contribution in [-0.4, -0.2) is 31.2 Å². The maximum absolute atomic E-state index is 12.9. The lowest BCUT2D eigenvalue weighted by atomic mass is 9.93. The van der Waals surface area contributed by atoms with E-state index in [1.165, 1.54) is 18.2 Å². The molecule has 0 saturated carbocycles. The molecule has 7 nitrogen and oxygen atoms in total. The number of hydroxylamine groups is 3. The average molecular weight is 327 g/mol. The van der Waals surface area contributed by atoms with Crippen LogP contribution in [0.15, 0.2) is 54.6 Å². The largest absolute Gasteiger partial charge is 0.622 e. The van der Waals surface area contributed by atoms with Gasteiger partial charge >= 0.3 is 0 Å². The Morgan fingerprint density at radius 3 is 2.46 bits per heavy atom. The molecule has 2 aromatic rings. The van der Waals surface area contributed by atoms with Gasteiger partial charge in [-0.1, -0.05) is 30.3 Å². The third kappa shape index (κ3) is 2.44. The lowest BCUT2D eigenvalue weighted by Gasteiger charge is -2.25. The second kappa shape index (κ2) is 5.70. The summed E-state index contributed by atoms with van der Waals surface area (Å²) in [6.07, 6.45) is -1.05. The Bertz CT molecular complexity index is 818. The molecular formula is C17H17N3O4. The molecule has 0 amide bonds. The van der Waals surface area contributed by atoms with Crippen molar-refractivity contribution in [2.24, 2.45) is 0 Å². The van der Waals surface area contributed by atoms with E-state index in [4.69, 9.17) is 0 Å². The summed E-state index contributed by atoms with van der Waals surface area (Å²) in [4.78, 5) is 10.5. The highest BCUT2D eigenvalue weighted by Crippen LogP contribution is 2.37. The van der Waals surface area contributed by atoms with Crippen molar-refractivity contribution in [3.63, 3.8) is 0 Å². The van der Waals surface area contributed by atoms with Crippen molar-refractivity contribution >= 4 is 11.4 Å². The Morgan fingerprint density at radius 1 is 1.17 bits per heavy atom. The number of hydrogen-bond donors (Lipinski definition) is 1. The number of benzene rings is 2. The van der Waals surface area contributed by atoms with Crippen molar-refractivity contribution in [3.05, 3.63) is 81.0 Å². The number of nitro benzene ring substituents is 1. The Balaban J connectivity index is 2.14. The van der Waals surface area contributed by atoms with E-state index in [9.17, 15) is 20.5 Å². The van der Waals surface area contributed by atoms with E-state index in [1.807, 2.05) is 18.2 Å². The normalized spacial score (nSPS) is 20.4. The van der Waals surface area contributed by atoms with Crippen LogP contribution in [0, 0.1) is 15.3 Å². The molecule has 7 heteroatoms. The van der Waals surface area contributed by atoms with Gasteiger partial charge in [-0.2, -0.15) is 4.74 Å². The predicted molar refractivity (Wildman–Crippen MR) is 87.7 cm³/mol. The SMILES string of the molecule is CC1(C)C(c2ccccc2)=[N+]([O-])[C@H](c2cccc([N+](=O)[O-])c2)N1O. The maximum Gasteiger partial charge on any atom is 0.270 e. The number of nitrogens with zero attached hydrogens (tertiary/aromatic N) is 3. The molecule has 0 unspecified atom stereocenters. The molecule has 1 N–H and O–H groups in total. The van der Waals surface area contributed by atoms with E-state index in [-0.39, 0.29) is 5.69 Å². The summed E-state index contributed by atoms with van der Waals surface area (Å²) in [6.45, 7) is 3.47. The first-order valence-corrected chi connectivity index (χ1v) is 7.46. The van der Waals surface area contributed by atoms with E-state index in [1.54, 1.807) is 32.0 Å². The van der Waals surface area contributed by atoms with Crippen molar-refractivity contribution < 1.29 is 14.9 Å². The molecule has 2 aromatic carbocycles. The van der Waals surface area contributed by atoms with E-state index in [0.29, 0.717) is 21.6 Å². The molecule has 124 valence electrons. The first-order chi connectivity index (χ1) is 11.3. The summed E-state index contributed by atoms with van der Waals surface area (Å²) in [5.74, 6) is 0. The minimum atomic E-state index is -1.05. The van der Waals surface area contributed by atoms with Crippen molar-refractivity contribution in [2.75, 3.05) is 0 Å². The van der Waals surface area contributed by atoms with Gasteiger partial charge in [0.1, 0.15) is 5.54 Å². The third-order valence-electron chi connectivity index (χ3n) is 4.25. The van der Waals surface area contributed by atoms with Gasteiger partial charge in [0.2, 0.25) is 5.71 Å². The molecule has 24 heavy (non-hydrogen) atoms. The molecule has 3 rings (SSSR count). The lowest BCUT2D eigenvalue weighted by Crippen LogP contribution is -2.44. The lowest BCUT2D eigenvalue weighted by molar-refractivity contribution is -0.544. The average Bonchev–Trinajstić information content (AvgIpc) is 2.73. The molecule has 0 bridgehead atoms. The topological polar surface area (TPSA) is 92.7 Å². The summed E-state index contributed by atoms with van der Waals surface area (Å²) >= 11 is 0. The van der Waals surface area contributed by atoms with Crippen LogP contribution in [0.2, 0.25) is 0 Å². The number of rotatable bonds is 3. The van der Waals surface area contributed by atoms with Crippen molar-refractivity contribution in [3.8, 4) is 0 Å². The van der Waals surface area contributed by atoms with Crippen molar-refractivity contribution in [1.29, 1.82) is 0 Å². The van der Waals surface area contributed by atoms with Gasteiger partial charge in [0, 0.05) is 23.3 Å². The standard InChI is InChI=1S/C17H17N3O4/c1-17(2)15(12-7-4-3-5-8-12)18(21)16(19(17)22)13-9-6-10-14(11-13)20(23)24/h3-11,16,22H,1-2H3/t16-/m0/s1. The molecule has 0 aromatic heterocycles. The van der Waals surface area contributed by atoms with Gasteiger partial charge in [0.25, 0.3) is 11.9 Å². The maximum atomic E-state index is 12.9. The van der Waals surface area contributed by atoms with Crippen LogP contribution in [-0.2, 0) is 0 Å². The molecule has 1 atom stereocenters. The minimum Gasteiger partial charge on any atom is -0.622 e. The molecule has 0 spiro atoms. The van der Waals surface area contributed by atoms with Crippen LogP contribution in [0.5, 0.6) is 0 Å². The van der Waals surface area contributed by atoms with Gasteiger partial charge in [-0.05, 0) is 26.0 Å². The van der Waals surface area contributed by atoms with Crippen LogP contribution in [0.3, 0.4) is 0 Å². The molecule has 0 saturated heterocycles. The zero-order valence-electron chi connectivity index (χ0n) is 13.3.